The summed E-state index contributed by atoms with van der Waals surface area (Å²) in [5.74, 6) is 0.863. The Labute approximate surface area is 83.8 Å². The molecule has 0 saturated carbocycles. The lowest BCUT2D eigenvalue weighted by molar-refractivity contribution is 0.199. The van der Waals surface area contributed by atoms with Crippen LogP contribution in [0.2, 0.25) is 0 Å². The van der Waals surface area contributed by atoms with Gasteiger partial charge in [-0.05, 0) is 0 Å². The molecule has 0 fully saturated rings. The maximum Gasteiger partial charge on any atom is 0.180 e. The summed E-state index contributed by atoms with van der Waals surface area (Å²) in [7, 11) is 1.70. The molecule has 1 heterocycles. The maximum absolute atomic E-state index is 5.06. The summed E-state index contributed by atoms with van der Waals surface area (Å²) in [5.41, 5.74) is 0. The van der Waals surface area contributed by atoms with Gasteiger partial charge in [-0.25, -0.2) is 4.98 Å². The molecule has 2 N–H and O–H groups in total. The molecular formula is C9H17N3O2. The van der Waals surface area contributed by atoms with E-state index in [1.165, 1.54) is 6.39 Å². The van der Waals surface area contributed by atoms with Gasteiger partial charge in [0.1, 0.15) is 5.76 Å². The SMILES string of the molecule is COCCNCCNCc1cnco1. The Hall–Kier alpha value is -0.910. The fraction of sp³-hybridized carbons (Fsp3) is 0.667. The highest BCUT2D eigenvalue weighted by Crippen LogP contribution is 1.93. The van der Waals surface area contributed by atoms with Crippen molar-refractivity contribution in [3.63, 3.8) is 0 Å². The number of aromatic nitrogens is 1. The van der Waals surface area contributed by atoms with Crippen molar-refractivity contribution in [1.29, 1.82) is 0 Å². The molecule has 80 valence electrons. The van der Waals surface area contributed by atoms with Gasteiger partial charge >= 0.3 is 0 Å². The van der Waals surface area contributed by atoms with Crippen molar-refractivity contribution in [1.82, 2.24) is 15.6 Å². The van der Waals surface area contributed by atoms with Crippen molar-refractivity contribution in [2.24, 2.45) is 0 Å². The van der Waals surface area contributed by atoms with Gasteiger partial charge in [0.15, 0.2) is 6.39 Å². The van der Waals surface area contributed by atoms with Crippen LogP contribution in [0.25, 0.3) is 0 Å². The monoisotopic (exact) mass is 199 g/mol. The van der Waals surface area contributed by atoms with Crippen LogP contribution in [0.4, 0.5) is 0 Å². The third-order valence-electron chi connectivity index (χ3n) is 1.74. The number of methoxy groups -OCH3 is 1. The van der Waals surface area contributed by atoms with Crippen molar-refractivity contribution >= 4 is 0 Å². The van der Waals surface area contributed by atoms with E-state index >= 15 is 0 Å². The Morgan fingerprint density at radius 1 is 1.36 bits per heavy atom. The summed E-state index contributed by atoms with van der Waals surface area (Å²) in [6.45, 7) is 4.20. The van der Waals surface area contributed by atoms with Crippen LogP contribution in [-0.4, -0.2) is 38.3 Å². The molecule has 1 aromatic rings. The van der Waals surface area contributed by atoms with E-state index in [4.69, 9.17) is 9.15 Å². The number of hydrogen-bond donors (Lipinski definition) is 2. The number of ether oxygens (including phenoxy) is 1. The first kappa shape index (κ1) is 11.2. The lowest BCUT2D eigenvalue weighted by atomic mass is 10.5. The summed E-state index contributed by atoms with van der Waals surface area (Å²) >= 11 is 0. The van der Waals surface area contributed by atoms with E-state index in [1.54, 1.807) is 13.3 Å². The molecule has 0 spiro atoms. The van der Waals surface area contributed by atoms with Crippen LogP contribution in [0, 0.1) is 0 Å². The second kappa shape index (κ2) is 7.49. The number of rotatable bonds is 8. The summed E-state index contributed by atoms with van der Waals surface area (Å²) < 4.78 is 9.97. The van der Waals surface area contributed by atoms with Crippen molar-refractivity contribution < 1.29 is 9.15 Å². The number of nitrogens with one attached hydrogen (secondary N) is 2. The fourth-order valence-corrected chi connectivity index (χ4v) is 1.02. The van der Waals surface area contributed by atoms with Gasteiger partial charge in [-0.1, -0.05) is 0 Å². The predicted octanol–water partition coefficient (Wildman–Crippen LogP) is 0.000200. The van der Waals surface area contributed by atoms with E-state index in [2.05, 4.69) is 15.6 Å². The predicted molar refractivity (Wildman–Crippen MR) is 53.0 cm³/mol. The van der Waals surface area contributed by atoms with Crippen LogP contribution in [0.5, 0.6) is 0 Å². The van der Waals surface area contributed by atoms with Gasteiger partial charge in [0.05, 0.1) is 19.3 Å². The fourth-order valence-electron chi connectivity index (χ4n) is 1.02. The van der Waals surface area contributed by atoms with Crippen LogP contribution in [-0.2, 0) is 11.3 Å². The molecule has 1 aromatic heterocycles. The smallest absolute Gasteiger partial charge is 0.180 e. The summed E-state index contributed by atoms with van der Waals surface area (Å²) in [5, 5.41) is 6.46. The van der Waals surface area contributed by atoms with Crippen LogP contribution < -0.4 is 10.6 Å². The van der Waals surface area contributed by atoms with E-state index in [1.807, 2.05) is 0 Å². The minimum absolute atomic E-state index is 0.728. The summed E-state index contributed by atoms with van der Waals surface area (Å²) in [6.07, 6.45) is 3.15. The molecule has 5 heteroatoms. The first-order valence-electron chi connectivity index (χ1n) is 4.71. The lowest BCUT2D eigenvalue weighted by Crippen LogP contribution is -2.29. The second-order valence-electron chi connectivity index (χ2n) is 2.89. The molecule has 0 unspecified atom stereocenters. The largest absolute Gasteiger partial charge is 0.447 e. The maximum atomic E-state index is 5.06. The van der Waals surface area contributed by atoms with E-state index in [-0.39, 0.29) is 0 Å². The Balaban J connectivity index is 1.85. The zero-order chi connectivity index (χ0) is 10.1. The Bertz CT molecular complexity index is 214. The molecule has 0 radical (unpaired) electrons. The van der Waals surface area contributed by atoms with Crippen molar-refractivity contribution in [3.8, 4) is 0 Å². The first-order valence-corrected chi connectivity index (χ1v) is 4.71. The molecule has 0 aromatic carbocycles. The molecule has 14 heavy (non-hydrogen) atoms. The van der Waals surface area contributed by atoms with Gasteiger partial charge < -0.3 is 19.8 Å². The lowest BCUT2D eigenvalue weighted by Gasteiger charge is -2.04. The Kier molecular flexibility index (Phi) is 5.97. The zero-order valence-corrected chi connectivity index (χ0v) is 8.45. The molecule has 1 rings (SSSR count). The third-order valence-corrected chi connectivity index (χ3v) is 1.74. The standard InChI is InChI=1S/C9H17N3O2/c1-13-5-4-10-2-3-11-6-9-7-12-8-14-9/h7-8,10-11H,2-6H2,1H3. The van der Waals surface area contributed by atoms with Crippen LogP contribution in [0.15, 0.2) is 17.0 Å². The molecule has 0 bridgehead atoms. The molecule has 0 atom stereocenters. The zero-order valence-electron chi connectivity index (χ0n) is 8.45. The van der Waals surface area contributed by atoms with Crippen LogP contribution >= 0.6 is 0 Å². The molecule has 0 aliphatic rings. The average Bonchev–Trinajstić information content (AvgIpc) is 2.69. The highest BCUT2D eigenvalue weighted by molar-refractivity contribution is 4.86. The van der Waals surface area contributed by atoms with Crippen molar-refractivity contribution in [2.45, 2.75) is 6.54 Å². The molecule has 0 aliphatic heterocycles. The molecule has 0 amide bonds. The first-order chi connectivity index (χ1) is 6.93. The Morgan fingerprint density at radius 3 is 2.93 bits per heavy atom. The van der Waals surface area contributed by atoms with Crippen molar-refractivity contribution in [2.75, 3.05) is 33.4 Å². The highest BCUT2D eigenvalue weighted by atomic mass is 16.5. The van der Waals surface area contributed by atoms with E-state index in [0.29, 0.717) is 0 Å². The number of hydrogen-bond acceptors (Lipinski definition) is 5. The number of nitrogens with zero attached hydrogens (tertiary/aromatic N) is 1. The van der Waals surface area contributed by atoms with Crippen LogP contribution in [0.1, 0.15) is 5.76 Å². The number of oxazole rings is 1. The van der Waals surface area contributed by atoms with Crippen molar-refractivity contribution in [3.05, 3.63) is 18.4 Å². The van der Waals surface area contributed by atoms with Crippen LogP contribution in [0.3, 0.4) is 0 Å². The average molecular weight is 199 g/mol. The van der Waals surface area contributed by atoms with E-state index < -0.39 is 0 Å². The van der Waals surface area contributed by atoms with E-state index in [0.717, 1.165) is 38.5 Å². The molecular weight excluding hydrogens is 182 g/mol. The highest BCUT2D eigenvalue weighted by Gasteiger charge is 1.94. The normalized spacial score (nSPS) is 10.6. The Morgan fingerprint density at radius 2 is 2.21 bits per heavy atom. The minimum Gasteiger partial charge on any atom is -0.447 e. The molecule has 5 nitrogen and oxygen atoms in total. The van der Waals surface area contributed by atoms with Gasteiger partial charge in [-0.3, -0.25) is 0 Å². The third kappa shape index (κ3) is 4.96. The molecule has 0 aliphatic carbocycles. The topological polar surface area (TPSA) is 59.3 Å². The van der Waals surface area contributed by atoms with Gasteiger partial charge in [0.25, 0.3) is 0 Å². The summed E-state index contributed by atoms with van der Waals surface area (Å²) in [6, 6.07) is 0. The quantitative estimate of drug-likeness (QED) is 0.577. The minimum atomic E-state index is 0.728. The van der Waals surface area contributed by atoms with Gasteiger partial charge in [0, 0.05) is 26.7 Å². The van der Waals surface area contributed by atoms with E-state index in [9.17, 15) is 0 Å². The molecule has 0 saturated heterocycles. The second-order valence-corrected chi connectivity index (χ2v) is 2.89. The van der Waals surface area contributed by atoms with Gasteiger partial charge in [0.2, 0.25) is 0 Å². The van der Waals surface area contributed by atoms with Gasteiger partial charge in [-0.2, -0.15) is 0 Å². The van der Waals surface area contributed by atoms with Gasteiger partial charge in [-0.15, -0.1) is 0 Å². The summed E-state index contributed by atoms with van der Waals surface area (Å²) in [4.78, 5) is 3.82.